The Balaban J connectivity index is 1.42. The fraction of sp³-hybridized carbons (Fsp3) is 0.650. The molecule has 1 aromatic rings. The van der Waals surface area contributed by atoms with Crippen LogP contribution in [0.25, 0.3) is 0 Å². The van der Waals surface area contributed by atoms with E-state index < -0.39 is 0 Å². The van der Waals surface area contributed by atoms with Crippen molar-refractivity contribution in [1.29, 1.82) is 0 Å². The first kappa shape index (κ1) is 18.2. The molecule has 0 amide bonds. The number of rotatable bonds is 6. The van der Waals surface area contributed by atoms with Crippen molar-refractivity contribution >= 4 is 5.96 Å². The van der Waals surface area contributed by atoms with E-state index in [0.717, 1.165) is 45.0 Å². The van der Waals surface area contributed by atoms with Gasteiger partial charge >= 0.3 is 0 Å². The predicted octanol–water partition coefficient (Wildman–Crippen LogP) is 2.38. The van der Waals surface area contributed by atoms with E-state index in [4.69, 9.17) is 4.74 Å². The third-order valence-electron chi connectivity index (χ3n) is 5.28. The van der Waals surface area contributed by atoms with Gasteiger partial charge in [0.25, 0.3) is 0 Å². The molecule has 138 valence electrons. The quantitative estimate of drug-likeness (QED) is 0.614. The van der Waals surface area contributed by atoms with Gasteiger partial charge in [-0.2, -0.15) is 0 Å². The molecule has 5 nitrogen and oxygen atoms in total. The molecule has 2 aliphatic rings. The molecule has 3 unspecified atom stereocenters. The Morgan fingerprint density at radius 2 is 2.16 bits per heavy atom. The highest BCUT2D eigenvalue weighted by atomic mass is 16.5. The van der Waals surface area contributed by atoms with Gasteiger partial charge in [-0.3, -0.25) is 9.89 Å². The second-order valence-corrected chi connectivity index (χ2v) is 7.26. The van der Waals surface area contributed by atoms with E-state index in [0.29, 0.717) is 18.2 Å². The summed E-state index contributed by atoms with van der Waals surface area (Å²) in [4.78, 5) is 6.93. The third kappa shape index (κ3) is 5.44. The summed E-state index contributed by atoms with van der Waals surface area (Å²) in [6.45, 7) is 6.24. The number of hydrogen-bond donors (Lipinski definition) is 2. The monoisotopic (exact) mass is 344 g/mol. The summed E-state index contributed by atoms with van der Waals surface area (Å²) in [7, 11) is 1.85. The van der Waals surface area contributed by atoms with Gasteiger partial charge in [0.1, 0.15) is 0 Å². The molecular formula is C20H32N4O. The maximum absolute atomic E-state index is 5.68. The van der Waals surface area contributed by atoms with Gasteiger partial charge in [-0.1, -0.05) is 30.3 Å². The van der Waals surface area contributed by atoms with Crippen LogP contribution < -0.4 is 10.6 Å². The zero-order valence-electron chi connectivity index (χ0n) is 15.6. The first-order valence-corrected chi connectivity index (χ1v) is 9.61. The van der Waals surface area contributed by atoms with Crippen molar-refractivity contribution < 1.29 is 4.74 Å². The molecule has 3 rings (SSSR count). The molecule has 2 saturated heterocycles. The lowest BCUT2D eigenvalue weighted by molar-refractivity contribution is 0.105. The van der Waals surface area contributed by atoms with Crippen molar-refractivity contribution in [3.05, 3.63) is 35.9 Å². The predicted molar refractivity (Wildman–Crippen MR) is 103 cm³/mol. The first-order chi connectivity index (χ1) is 12.2. The van der Waals surface area contributed by atoms with Gasteiger partial charge < -0.3 is 15.4 Å². The number of nitrogens with one attached hydrogen (secondary N) is 2. The van der Waals surface area contributed by atoms with Gasteiger partial charge in [0.2, 0.25) is 0 Å². The second-order valence-electron chi connectivity index (χ2n) is 7.26. The van der Waals surface area contributed by atoms with Crippen LogP contribution in [0, 0.1) is 0 Å². The van der Waals surface area contributed by atoms with Gasteiger partial charge in [0, 0.05) is 45.4 Å². The van der Waals surface area contributed by atoms with E-state index in [2.05, 4.69) is 57.8 Å². The van der Waals surface area contributed by atoms with E-state index in [1.54, 1.807) is 0 Å². The fourth-order valence-electron chi connectivity index (χ4n) is 3.85. The van der Waals surface area contributed by atoms with Crippen LogP contribution in [0.2, 0.25) is 0 Å². The molecule has 0 aliphatic carbocycles. The van der Waals surface area contributed by atoms with Crippen molar-refractivity contribution in [2.45, 2.75) is 57.3 Å². The number of hydrogen-bond acceptors (Lipinski definition) is 3. The summed E-state index contributed by atoms with van der Waals surface area (Å²) in [5, 5.41) is 7.04. The lowest BCUT2D eigenvalue weighted by Crippen LogP contribution is -2.45. The average molecular weight is 345 g/mol. The van der Waals surface area contributed by atoms with Crippen molar-refractivity contribution in [2.75, 3.05) is 26.7 Å². The molecule has 0 radical (unpaired) electrons. The van der Waals surface area contributed by atoms with E-state index >= 15 is 0 Å². The summed E-state index contributed by atoms with van der Waals surface area (Å²) in [5.74, 6) is 0.914. The smallest absolute Gasteiger partial charge is 0.191 e. The summed E-state index contributed by atoms with van der Waals surface area (Å²) in [6.07, 6.45) is 5.04. The molecule has 0 bridgehead atoms. The molecule has 1 aromatic carbocycles. The fourth-order valence-corrected chi connectivity index (χ4v) is 3.85. The van der Waals surface area contributed by atoms with Gasteiger partial charge in [-0.05, 0) is 38.2 Å². The molecule has 2 heterocycles. The maximum Gasteiger partial charge on any atom is 0.191 e. The zero-order chi connectivity index (χ0) is 17.5. The summed E-state index contributed by atoms with van der Waals surface area (Å²) in [5.41, 5.74) is 1.38. The molecule has 0 aromatic heterocycles. The van der Waals surface area contributed by atoms with E-state index in [9.17, 15) is 0 Å². The SMILES string of the molecule is CN=C(NCCC1CCCO1)NC1CC(C)N(Cc2ccccc2)C1. The third-order valence-corrected chi connectivity index (χ3v) is 5.28. The Bertz CT molecular complexity index is 542. The second kappa shape index (κ2) is 9.20. The number of ether oxygens (including phenoxy) is 1. The van der Waals surface area contributed by atoms with Crippen LogP contribution in [0.1, 0.15) is 38.2 Å². The van der Waals surface area contributed by atoms with Gasteiger partial charge in [-0.15, -0.1) is 0 Å². The summed E-state index contributed by atoms with van der Waals surface area (Å²) < 4.78 is 5.68. The van der Waals surface area contributed by atoms with Crippen LogP contribution in [-0.4, -0.2) is 55.8 Å². The van der Waals surface area contributed by atoms with Crippen LogP contribution in [0.3, 0.4) is 0 Å². The van der Waals surface area contributed by atoms with E-state index in [1.807, 2.05) is 7.05 Å². The van der Waals surface area contributed by atoms with Crippen LogP contribution in [0.15, 0.2) is 35.3 Å². The normalized spacial score (nSPS) is 27.6. The average Bonchev–Trinajstić information content (AvgIpc) is 3.25. The molecular weight excluding hydrogens is 312 g/mol. The van der Waals surface area contributed by atoms with E-state index in [-0.39, 0.29) is 0 Å². The number of guanidine groups is 1. The minimum atomic E-state index is 0.429. The van der Waals surface area contributed by atoms with Crippen molar-refractivity contribution in [1.82, 2.24) is 15.5 Å². The molecule has 3 atom stereocenters. The van der Waals surface area contributed by atoms with Crippen molar-refractivity contribution in [3.63, 3.8) is 0 Å². The topological polar surface area (TPSA) is 48.9 Å². The Labute approximate surface area is 151 Å². The lowest BCUT2D eigenvalue weighted by atomic mass is 10.2. The molecule has 0 saturated carbocycles. The maximum atomic E-state index is 5.68. The molecule has 25 heavy (non-hydrogen) atoms. The first-order valence-electron chi connectivity index (χ1n) is 9.61. The van der Waals surface area contributed by atoms with Crippen LogP contribution in [0.5, 0.6) is 0 Å². The van der Waals surface area contributed by atoms with Crippen LogP contribution in [-0.2, 0) is 11.3 Å². The number of aliphatic imine (C=N–C) groups is 1. The van der Waals surface area contributed by atoms with E-state index in [1.165, 1.54) is 18.4 Å². The Morgan fingerprint density at radius 3 is 2.88 bits per heavy atom. The Kier molecular flexibility index (Phi) is 6.70. The highest BCUT2D eigenvalue weighted by Crippen LogP contribution is 2.20. The Morgan fingerprint density at radius 1 is 1.32 bits per heavy atom. The number of nitrogens with zero attached hydrogens (tertiary/aromatic N) is 2. The van der Waals surface area contributed by atoms with Crippen LogP contribution in [0.4, 0.5) is 0 Å². The minimum absolute atomic E-state index is 0.429. The molecule has 0 spiro atoms. The highest BCUT2D eigenvalue weighted by molar-refractivity contribution is 5.80. The van der Waals surface area contributed by atoms with Gasteiger partial charge in [0.15, 0.2) is 5.96 Å². The molecule has 2 fully saturated rings. The zero-order valence-corrected chi connectivity index (χ0v) is 15.6. The molecule has 2 aliphatic heterocycles. The molecule has 5 heteroatoms. The van der Waals surface area contributed by atoms with Gasteiger partial charge in [-0.25, -0.2) is 0 Å². The summed E-state index contributed by atoms with van der Waals surface area (Å²) in [6, 6.07) is 11.8. The lowest BCUT2D eigenvalue weighted by Gasteiger charge is -2.21. The van der Waals surface area contributed by atoms with Gasteiger partial charge in [0.05, 0.1) is 6.10 Å². The standard InChI is InChI=1S/C20H32N4O/c1-16-13-18(15-24(16)14-17-7-4-3-5-8-17)23-20(21-2)22-11-10-19-9-6-12-25-19/h3-5,7-8,16,18-19H,6,9-15H2,1-2H3,(H2,21,22,23). The highest BCUT2D eigenvalue weighted by Gasteiger charge is 2.29. The molecule has 2 N–H and O–H groups in total. The van der Waals surface area contributed by atoms with Crippen molar-refractivity contribution in [3.8, 4) is 0 Å². The van der Waals surface area contributed by atoms with Crippen LogP contribution >= 0.6 is 0 Å². The minimum Gasteiger partial charge on any atom is -0.378 e. The number of benzene rings is 1. The largest absolute Gasteiger partial charge is 0.378 e. The Hall–Kier alpha value is -1.59. The van der Waals surface area contributed by atoms with Crippen molar-refractivity contribution in [2.24, 2.45) is 4.99 Å². The number of likely N-dealkylation sites (tertiary alicyclic amines) is 1. The summed E-state index contributed by atoms with van der Waals surface area (Å²) >= 11 is 0.